The lowest BCUT2D eigenvalue weighted by atomic mass is 10.00. The van der Waals surface area contributed by atoms with Gasteiger partial charge in [0.25, 0.3) is 10.0 Å². The fourth-order valence-electron chi connectivity index (χ4n) is 3.54. The van der Waals surface area contributed by atoms with Gasteiger partial charge in [0, 0.05) is 17.3 Å². The Labute approximate surface area is 159 Å². The van der Waals surface area contributed by atoms with Crippen molar-refractivity contribution in [3.05, 3.63) is 40.0 Å². The Balaban J connectivity index is 1.62. The number of rotatable bonds is 6. The number of nitrogens with zero attached hydrogens (tertiary/aromatic N) is 2. The lowest BCUT2D eigenvalue weighted by Crippen LogP contribution is -2.31. The molecule has 0 unspecified atom stereocenters. The average Bonchev–Trinajstić information content (AvgIpc) is 3.10. The van der Waals surface area contributed by atoms with Crippen molar-refractivity contribution >= 4 is 27.3 Å². The van der Waals surface area contributed by atoms with Gasteiger partial charge >= 0.3 is 0 Å². The second kappa shape index (κ2) is 6.55. The standard InChI is InChI=1S/C18H23ClN4O2S/c1-11(2)23-9-8-17(21-23)26(24,25)22-20-18-14-5-3-4-13(14)16(19)10-15(18)12-6-7-12/h8-12,20,22H,3-7H2,1-2H3. The molecule has 4 rings (SSSR count). The molecule has 6 nitrogen and oxygen atoms in total. The predicted octanol–water partition coefficient (Wildman–Crippen LogP) is 3.79. The van der Waals surface area contributed by atoms with Crippen LogP contribution in [0.3, 0.4) is 0 Å². The van der Waals surface area contributed by atoms with Crippen molar-refractivity contribution in [3.63, 3.8) is 0 Å². The highest BCUT2D eigenvalue weighted by Gasteiger charge is 2.31. The third-order valence-corrected chi connectivity index (χ3v) is 6.57. The molecule has 0 aliphatic heterocycles. The second-order valence-electron chi connectivity index (χ2n) is 7.37. The van der Waals surface area contributed by atoms with Gasteiger partial charge in [-0.1, -0.05) is 11.6 Å². The Kier molecular flexibility index (Phi) is 4.49. The van der Waals surface area contributed by atoms with E-state index in [0.717, 1.165) is 59.5 Å². The van der Waals surface area contributed by atoms with Crippen molar-refractivity contribution in [2.45, 2.75) is 62.9 Å². The summed E-state index contributed by atoms with van der Waals surface area (Å²) >= 11 is 6.46. The quantitative estimate of drug-likeness (QED) is 0.731. The Bertz CT molecular complexity index is 948. The van der Waals surface area contributed by atoms with Crippen LogP contribution in [0.4, 0.5) is 5.69 Å². The fourth-order valence-corrected chi connectivity index (χ4v) is 4.65. The van der Waals surface area contributed by atoms with Crippen LogP contribution in [0.1, 0.15) is 61.8 Å². The first-order valence-electron chi connectivity index (χ1n) is 9.04. The number of hydrogen-bond acceptors (Lipinski definition) is 4. The largest absolute Gasteiger partial charge is 0.307 e. The molecule has 0 spiro atoms. The summed E-state index contributed by atoms with van der Waals surface area (Å²) in [5.41, 5.74) is 7.28. The van der Waals surface area contributed by atoms with Crippen LogP contribution in [0.2, 0.25) is 5.02 Å². The molecule has 0 amide bonds. The minimum Gasteiger partial charge on any atom is -0.307 e. The molecule has 2 aromatic rings. The van der Waals surface area contributed by atoms with Crippen LogP contribution in [0.25, 0.3) is 0 Å². The van der Waals surface area contributed by atoms with Crippen LogP contribution in [0.15, 0.2) is 23.4 Å². The summed E-state index contributed by atoms with van der Waals surface area (Å²) in [6.45, 7) is 3.90. The molecule has 140 valence electrons. The van der Waals surface area contributed by atoms with E-state index in [-0.39, 0.29) is 11.1 Å². The van der Waals surface area contributed by atoms with Gasteiger partial charge in [-0.3, -0.25) is 4.68 Å². The predicted molar refractivity (Wildman–Crippen MR) is 102 cm³/mol. The summed E-state index contributed by atoms with van der Waals surface area (Å²) in [5.74, 6) is 0.463. The molecule has 2 N–H and O–H groups in total. The maximum Gasteiger partial charge on any atom is 0.276 e. The number of hydrogen-bond donors (Lipinski definition) is 2. The summed E-state index contributed by atoms with van der Waals surface area (Å²) in [7, 11) is -3.75. The van der Waals surface area contributed by atoms with Crippen molar-refractivity contribution in [2.75, 3.05) is 5.43 Å². The third kappa shape index (κ3) is 3.23. The van der Waals surface area contributed by atoms with Crippen LogP contribution in [-0.2, 0) is 22.9 Å². The molecule has 0 radical (unpaired) electrons. The Hall–Kier alpha value is -1.57. The number of benzene rings is 1. The van der Waals surface area contributed by atoms with E-state index in [9.17, 15) is 8.42 Å². The SMILES string of the molecule is CC(C)n1ccc(S(=O)(=O)NNc2c(C3CC3)cc(Cl)c3c2CCC3)n1. The zero-order valence-electron chi connectivity index (χ0n) is 14.9. The molecule has 2 aliphatic carbocycles. The monoisotopic (exact) mass is 394 g/mol. The van der Waals surface area contributed by atoms with E-state index in [1.165, 1.54) is 6.07 Å². The Morgan fingerprint density at radius 2 is 2.00 bits per heavy atom. The normalized spacial score (nSPS) is 16.9. The van der Waals surface area contributed by atoms with Gasteiger partial charge in [0.15, 0.2) is 5.03 Å². The zero-order valence-corrected chi connectivity index (χ0v) is 16.5. The van der Waals surface area contributed by atoms with Gasteiger partial charge in [0.2, 0.25) is 0 Å². The molecule has 1 aromatic carbocycles. The van der Waals surface area contributed by atoms with E-state index < -0.39 is 10.0 Å². The molecule has 2 aliphatic rings. The Morgan fingerprint density at radius 1 is 1.27 bits per heavy atom. The highest BCUT2D eigenvalue weighted by atomic mass is 35.5. The van der Waals surface area contributed by atoms with Crippen LogP contribution < -0.4 is 10.3 Å². The molecule has 1 heterocycles. The molecule has 1 aromatic heterocycles. The first-order chi connectivity index (χ1) is 12.4. The molecule has 8 heteroatoms. The van der Waals surface area contributed by atoms with Gasteiger partial charge < -0.3 is 5.43 Å². The molecular formula is C18H23ClN4O2S. The maximum absolute atomic E-state index is 12.6. The van der Waals surface area contributed by atoms with Crippen molar-refractivity contribution in [2.24, 2.45) is 0 Å². The maximum atomic E-state index is 12.6. The second-order valence-corrected chi connectivity index (χ2v) is 9.40. The molecular weight excluding hydrogens is 372 g/mol. The summed E-state index contributed by atoms with van der Waals surface area (Å²) in [5, 5.41) is 4.98. The molecule has 1 fully saturated rings. The van der Waals surface area contributed by atoms with Gasteiger partial charge in [0.05, 0.1) is 5.69 Å². The van der Waals surface area contributed by atoms with Crippen LogP contribution in [-0.4, -0.2) is 18.2 Å². The van der Waals surface area contributed by atoms with Crippen molar-refractivity contribution < 1.29 is 8.42 Å². The number of anilines is 1. The van der Waals surface area contributed by atoms with Crippen LogP contribution in [0, 0.1) is 0 Å². The van der Waals surface area contributed by atoms with Crippen molar-refractivity contribution in [3.8, 4) is 0 Å². The number of aromatic nitrogens is 2. The van der Waals surface area contributed by atoms with E-state index in [2.05, 4.69) is 15.4 Å². The topological polar surface area (TPSA) is 76.0 Å². The van der Waals surface area contributed by atoms with Crippen LogP contribution in [0.5, 0.6) is 0 Å². The van der Waals surface area contributed by atoms with E-state index in [1.54, 1.807) is 10.9 Å². The minimum atomic E-state index is -3.75. The van der Waals surface area contributed by atoms with E-state index >= 15 is 0 Å². The van der Waals surface area contributed by atoms with Crippen molar-refractivity contribution in [1.82, 2.24) is 14.6 Å². The smallest absolute Gasteiger partial charge is 0.276 e. The number of nitrogens with one attached hydrogen (secondary N) is 2. The first kappa shape index (κ1) is 17.8. The van der Waals surface area contributed by atoms with Crippen LogP contribution >= 0.6 is 11.6 Å². The lowest BCUT2D eigenvalue weighted by molar-refractivity contribution is 0.515. The van der Waals surface area contributed by atoms with Gasteiger partial charge in [-0.25, -0.2) is 8.42 Å². The fraction of sp³-hybridized carbons (Fsp3) is 0.500. The number of hydrazine groups is 1. The molecule has 1 saturated carbocycles. The molecule has 0 atom stereocenters. The van der Waals surface area contributed by atoms with E-state index in [1.807, 2.05) is 19.9 Å². The summed E-state index contributed by atoms with van der Waals surface area (Å²) < 4.78 is 26.9. The summed E-state index contributed by atoms with van der Waals surface area (Å²) in [6, 6.07) is 3.62. The minimum absolute atomic E-state index is 0.0114. The number of sulfonamides is 1. The number of fused-ring (bicyclic) bond motifs is 1. The third-order valence-electron chi connectivity index (χ3n) is 5.09. The zero-order chi connectivity index (χ0) is 18.5. The number of halogens is 1. The lowest BCUT2D eigenvalue weighted by Gasteiger charge is -2.18. The molecule has 26 heavy (non-hydrogen) atoms. The van der Waals surface area contributed by atoms with Gasteiger partial charge in [0.1, 0.15) is 0 Å². The highest BCUT2D eigenvalue weighted by Crippen LogP contribution is 2.48. The summed E-state index contributed by atoms with van der Waals surface area (Å²) in [6.07, 6.45) is 6.82. The van der Waals surface area contributed by atoms with Gasteiger partial charge in [-0.2, -0.15) is 5.10 Å². The first-order valence-corrected chi connectivity index (χ1v) is 10.9. The average molecular weight is 395 g/mol. The summed E-state index contributed by atoms with van der Waals surface area (Å²) in [4.78, 5) is 2.52. The van der Waals surface area contributed by atoms with Crippen molar-refractivity contribution in [1.29, 1.82) is 0 Å². The molecule has 0 saturated heterocycles. The Morgan fingerprint density at radius 3 is 2.65 bits per heavy atom. The molecule has 0 bridgehead atoms. The van der Waals surface area contributed by atoms with E-state index in [4.69, 9.17) is 11.6 Å². The highest BCUT2D eigenvalue weighted by molar-refractivity contribution is 7.89. The van der Waals surface area contributed by atoms with E-state index in [0.29, 0.717) is 5.92 Å². The van der Waals surface area contributed by atoms with Gasteiger partial charge in [-0.15, -0.1) is 4.83 Å². The van der Waals surface area contributed by atoms with Gasteiger partial charge in [-0.05, 0) is 80.7 Å².